The second kappa shape index (κ2) is 24.7. The fourth-order valence-electron chi connectivity index (χ4n) is 8.68. The van der Waals surface area contributed by atoms with Crippen molar-refractivity contribution in [3.63, 3.8) is 0 Å². The molecule has 3 fully saturated rings. The van der Waals surface area contributed by atoms with Gasteiger partial charge in [0.25, 0.3) is 0 Å². The first kappa shape index (κ1) is 53.5. The lowest BCUT2D eigenvalue weighted by Crippen LogP contribution is -2.71. The summed E-state index contributed by atoms with van der Waals surface area (Å²) in [6, 6.07) is -0.0283. The molecule has 5 aliphatic rings. The van der Waals surface area contributed by atoms with Crippen molar-refractivity contribution in [2.24, 2.45) is 0 Å². The van der Waals surface area contributed by atoms with Crippen LogP contribution in [0.4, 0.5) is 4.79 Å². The largest absolute Gasteiger partial charge is 0.453 e. The zero-order valence-electron chi connectivity index (χ0n) is 37.5. The molecule has 0 aromatic heterocycles. The Morgan fingerprint density at radius 3 is 2.47 bits per heavy atom. The van der Waals surface area contributed by atoms with E-state index in [0.717, 1.165) is 7.11 Å². The van der Waals surface area contributed by atoms with Crippen LogP contribution in [0.1, 0.15) is 47.0 Å². The van der Waals surface area contributed by atoms with E-state index in [1.54, 1.807) is 26.4 Å². The van der Waals surface area contributed by atoms with E-state index >= 15 is 0 Å². The molecule has 6 N–H and O–H groups in total. The number of amides is 1. The van der Waals surface area contributed by atoms with Gasteiger partial charge in [-0.05, 0) is 54.6 Å². The Kier molecular flexibility index (Phi) is 20.7. The normalized spacial score (nSPS) is 38.2. The molecular weight excluding hydrogens is 929 g/mol. The van der Waals surface area contributed by atoms with Crippen molar-refractivity contribution in [3.8, 4) is 23.7 Å². The molecular formula is C43H62N2O14S5. The number of hydrogen-bond acceptors (Lipinski definition) is 20. The second-order valence-electron chi connectivity index (χ2n) is 15.9. The summed E-state index contributed by atoms with van der Waals surface area (Å²) in [5, 5.41) is 53.0. The third kappa shape index (κ3) is 12.4. The predicted molar refractivity (Wildman–Crippen MR) is 251 cm³/mol. The number of methoxy groups -OCH3 is 2. The van der Waals surface area contributed by atoms with Crippen LogP contribution in [-0.2, 0) is 42.7 Å². The van der Waals surface area contributed by atoms with Crippen molar-refractivity contribution in [2.45, 2.75) is 142 Å². The molecule has 0 aromatic carbocycles. The SMILES string of the molecule is COC(=O)NC1=C2/C(=C\CSSSC)[C@](O)(C#C/C=C\C#C[C@@H]2O[C@@H]2O[C@H](C)[C@@](SC)([C@H](CO)O[C@H]3C[C@H](O)[C@H](SC)[C@@H](C)O3)[C@H](O)[C@H]2O[C@H]2C[C@H](OC)[C@H](NC(C)C)CO2)CC1=O. The Bertz CT molecular complexity index is 1820. The lowest BCUT2D eigenvalue weighted by Gasteiger charge is -2.54. The van der Waals surface area contributed by atoms with Crippen molar-refractivity contribution in [2.75, 3.05) is 52.0 Å². The first-order valence-corrected chi connectivity index (χ1v) is 27.5. The van der Waals surface area contributed by atoms with E-state index in [1.807, 2.05) is 33.3 Å². The van der Waals surface area contributed by atoms with E-state index in [0.29, 0.717) is 5.75 Å². The highest BCUT2D eigenvalue weighted by Gasteiger charge is 2.61. The van der Waals surface area contributed by atoms with Crippen molar-refractivity contribution < 1.29 is 67.9 Å². The average molecular weight is 991 g/mol. The second-order valence-corrected chi connectivity index (χ2v) is 22.5. The number of alkyl carbamates (subject to hydrolysis) is 1. The van der Waals surface area contributed by atoms with Crippen molar-refractivity contribution >= 4 is 66.8 Å². The molecule has 2 bridgehead atoms. The molecule has 0 saturated carbocycles. The third-order valence-electron chi connectivity index (χ3n) is 11.6. The van der Waals surface area contributed by atoms with E-state index in [2.05, 4.69) is 34.3 Å². The van der Waals surface area contributed by atoms with Crippen LogP contribution in [0.3, 0.4) is 0 Å². The number of rotatable bonds is 18. The van der Waals surface area contributed by atoms with Crippen LogP contribution in [0.5, 0.6) is 0 Å². The van der Waals surface area contributed by atoms with Gasteiger partial charge in [0.05, 0.1) is 72.9 Å². The molecule has 16 nitrogen and oxygen atoms in total. The summed E-state index contributed by atoms with van der Waals surface area (Å²) in [6.07, 6.45) is -2.18. The molecule has 0 spiro atoms. The van der Waals surface area contributed by atoms with Crippen LogP contribution >= 0.6 is 54.9 Å². The van der Waals surface area contributed by atoms with Crippen LogP contribution in [0.2, 0.25) is 0 Å². The number of hydrogen-bond donors (Lipinski definition) is 6. The van der Waals surface area contributed by atoms with Gasteiger partial charge < -0.3 is 63.6 Å². The first-order valence-electron chi connectivity index (χ1n) is 20.9. The van der Waals surface area contributed by atoms with Crippen LogP contribution < -0.4 is 10.6 Å². The highest BCUT2D eigenvalue weighted by molar-refractivity contribution is 9.09. The van der Waals surface area contributed by atoms with Crippen molar-refractivity contribution in [3.05, 3.63) is 35.1 Å². The molecule has 5 rings (SSSR count). The van der Waals surface area contributed by atoms with Crippen LogP contribution in [-0.4, -0.2) is 180 Å². The number of Topliss-reactive ketones (excluding diaryl/α,β-unsaturated/α-hetero) is 1. The summed E-state index contributed by atoms with van der Waals surface area (Å²) < 4.78 is 48.6. The van der Waals surface area contributed by atoms with E-state index in [9.17, 15) is 30.0 Å². The molecule has 358 valence electrons. The number of nitrogens with one attached hydrogen (secondary N) is 2. The summed E-state index contributed by atoms with van der Waals surface area (Å²) in [5.74, 6) is 11.3. The minimum Gasteiger partial charge on any atom is -0.453 e. The quantitative estimate of drug-likeness (QED) is 0.0662. The number of thioether (sulfide) groups is 2. The van der Waals surface area contributed by atoms with Gasteiger partial charge in [-0.15, -0.1) is 0 Å². The van der Waals surface area contributed by atoms with E-state index < -0.39 is 90.7 Å². The van der Waals surface area contributed by atoms with Gasteiger partial charge in [-0.1, -0.05) is 65.2 Å². The first-order chi connectivity index (χ1) is 30.6. The Morgan fingerprint density at radius 2 is 1.83 bits per heavy atom. The standard InChI is InChI=1S/C43H62N2O14S5/c1-23(2)44-27-22-54-33(19-31(27)52-5)59-37-39(49)43(61-8,32(21-46)58-34-18-28(47)38(60-7)24(3)55-34)25(4)56-40(37)57-30-14-12-10-11-13-16-42(51)20-29(48)36(45-41(50)53-6)35(30)26(42)15-17-63-64-62-9/h10-11,15,23-25,27-28,30-34,37-40,44,46-47,49,51H,17-22H2,1-9H3,(H,45,50)/b11-10-,26-15+/t24-,25-,27-,28+,30+,31+,32+,33+,34+,37-,38-,39-,40+,42+,43-/m1/s1. The highest BCUT2D eigenvalue weighted by Crippen LogP contribution is 2.47. The highest BCUT2D eigenvalue weighted by atomic mass is 33.5. The molecule has 3 aliphatic heterocycles. The van der Waals surface area contributed by atoms with Gasteiger partial charge >= 0.3 is 6.09 Å². The summed E-state index contributed by atoms with van der Waals surface area (Å²) >= 11 is 2.69. The maximum atomic E-state index is 14.0. The van der Waals surface area contributed by atoms with Gasteiger partial charge in [0.1, 0.15) is 24.4 Å². The zero-order valence-corrected chi connectivity index (χ0v) is 41.6. The molecule has 0 aromatic rings. The Morgan fingerprint density at radius 1 is 1.08 bits per heavy atom. The molecule has 3 heterocycles. The van der Waals surface area contributed by atoms with E-state index in [4.69, 9.17) is 37.9 Å². The molecule has 2 aliphatic carbocycles. The Labute approximate surface area is 396 Å². The maximum Gasteiger partial charge on any atom is 0.411 e. The summed E-state index contributed by atoms with van der Waals surface area (Å²) in [4.78, 5) is 26.9. The van der Waals surface area contributed by atoms with Gasteiger partial charge in [0.15, 0.2) is 30.3 Å². The van der Waals surface area contributed by atoms with Gasteiger partial charge in [-0.2, -0.15) is 23.5 Å². The van der Waals surface area contributed by atoms with Crippen molar-refractivity contribution in [1.82, 2.24) is 10.6 Å². The van der Waals surface area contributed by atoms with Crippen LogP contribution in [0, 0.1) is 23.7 Å². The molecule has 21 heteroatoms. The van der Waals surface area contributed by atoms with Crippen LogP contribution in [0.15, 0.2) is 35.1 Å². The monoisotopic (exact) mass is 990 g/mol. The Hall–Kier alpha value is -1.45. The van der Waals surface area contributed by atoms with Gasteiger partial charge in [-0.25, -0.2) is 4.79 Å². The van der Waals surface area contributed by atoms with E-state index in [-0.39, 0.29) is 65.8 Å². The summed E-state index contributed by atoms with van der Waals surface area (Å²) in [6.45, 7) is 7.22. The number of allylic oxidation sites excluding steroid dienone is 3. The number of ketones is 1. The molecule has 0 radical (unpaired) electrons. The van der Waals surface area contributed by atoms with Crippen LogP contribution in [0.25, 0.3) is 0 Å². The lowest BCUT2D eigenvalue weighted by atomic mass is 9.75. The van der Waals surface area contributed by atoms with Gasteiger partial charge in [-0.3, -0.25) is 10.1 Å². The number of aliphatic hydroxyl groups excluding tert-OH is 3. The van der Waals surface area contributed by atoms with E-state index in [1.165, 1.54) is 67.1 Å². The number of ether oxygens (including phenoxy) is 8. The number of carbonyl (C=O) groups excluding carboxylic acids is 2. The van der Waals surface area contributed by atoms with Gasteiger partial charge in [0, 0.05) is 42.9 Å². The molecule has 15 atom stereocenters. The molecule has 1 amide bonds. The fourth-order valence-corrected chi connectivity index (χ4v) is 13.1. The summed E-state index contributed by atoms with van der Waals surface area (Å²) in [7, 11) is 7.28. The number of fused-ring (bicyclic) bond motifs is 2. The zero-order chi connectivity index (χ0) is 46.8. The maximum absolute atomic E-state index is 14.0. The lowest BCUT2D eigenvalue weighted by molar-refractivity contribution is -0.338. The smallest absolute Gasteiger partial charge is 0.411 e. The average Bonchev–Trinajstić information content (AvgIpc) is 3.25. The Balaban J connectivity index is 1.61. The topological polar surface area (TPSA) is 213 Å². The van der Waals surface area contributed by atoms with Crippen molar-refractivity contribution in [1.29, 1.82) is 0 Å². The molecule has 0 unspecified atom stereocenters. The third-order valence-corrected chi connectivity index (χ3v) is 18.1. The van der Waals surface area contributed by atoms with Gasteiger partial charge in [0.2, 0.25) is 0 Å². The fraction of sp³-hybridized carbons (Fsp3) is 0.721. The molecule has 64 heavy (non-hydrogen) atoms. The number of carbonyl (C=O) groups is 2. The minimum atomic E-state index is -2.02. The number of aliphatic hydroxyl groups is 4. The minimum absolute atomic E-state index is 0.0143. The predicted octanol–water partition coefficient (Wildman–Crippen LogP) is 3.17. The summed E-state index contributed by atoms with van der Waals surface area (Å²) in [5.41, 5.74) is -2.05. The molecule has 3 saturated heterocycles.